The van der Waals surface area contributed by atoms with Crippen LogP contribution in [-0.2, 0) is 6.42 Å². The first-order valence-electron chi connectivity index (χ1n) is 6.80. The number of nitrogens with one attached hydrogen (secondary N) is 1. The van der Waals surface area contributed by atoms with Crippen LogP contribution in [0.15, 0.2) is 17.5 Å². The molecule has 21 heavy (non-hydrogen) atoms. The molecule has 6 heteroatoms. The number of hydrogen-bond acceptors (Lipinski definition) is 3. The zero-order valence-corrected chi connectivity index (χ0v) is 12.7. The maximum absolute atomic E-state index is 13.4. The van der Waals surface area contributed by atoms with Crippen LogP contribution in [-0.4, -0.2) is 11.5 Å². The first kappa shape index (κ1) is 16.0. The van der Waals surface area contributed by atoms with Crippen molar-refractivity contribution in [1.82, 2.24) is 10.3 Å². The van der Waals surface area contributed by atoms with Crippen LogP contribution in [0.25, 0.3) is 0 Å². The molecule has 0 radical (unpaired) electrons. The summed E-state index contributed by atoms with van der Waals surface area (Å²) in [5.41, 5.74) is 1.31. The zero-order valence-electron chi connectivity index (χ0n) is 11.9. The monoisotopic (exact) mass is 314 g/mol. The molecule has 0 aliphatic carbocycles. The highest BCUT2D eigenvalue weighted by atomic mass is 32.1. The van der Waals surface area contributed by atoms with E-state index in [9.17, 15) is 13.2 Å². The number of nitrogens with zero attached hydrogens (tertiary/aromatic N) is 1. The molecule has 0 spiro atoms. The van der Waals surface area contributed by atoms with Crippen molar-refractivity contribution in [3.63, 3.8) is 0 Å². The van der Waals surface area contributed by atoms with Crippen LogP contribution in [0.1, 0.15) is 35.7 Å². The second kappa shape index (κ2) is 7.04. The Morgan fingerprint density at radius 3 is 2.43 bits per heavy atom. The lowest BCUT2D eigenvalue weighted by Crippen LogP contribution is -2.24. The van der Waals surface area contributed by atoms with E-state index in [1.54, 1.807) is 0 Å². The quantitative estimate of drug-likeness (QED) is 0.810. The van der Waals surface area contributed by atoms with Gasteiger partial charge in [0.25, 0.3) is 0 Å². The molecular weight excluding hydrogens is 297 g/mol. The molecule has 0 aliphatic heterocycles. The molecule has 114 valence electrons. The van der Waals surface area contributed by atoms with Crippen molar-refractivity contribution in [1.29, 1.82) is 0 Å². The van der Waals surface area contributed by atoms with Crippen LogP contribution < -0.4 is 5.32 Å². The van der Waals surface area contributed by atoms with E-state index in [0.29, 0.717) is 18.5 Å². The molecule has 2 rings (SSSR count). The molecule has 2 aromatic rings. The summed E-state index contributed by atoms with van der Waals surface area (Å²) in [5.74, 6) is -3.76. The van der Waals surface area contributed by atoms with Crippen molar-refractivity contribution in [2.24, 2.45) is 0 Å². The van der Waals surface area contributed by atoms with Gasteiger partial charge in [-0.25, -0.2) is 18.2 Å². The molecule has 0 saturated carbocycles. The lowest BCUT2D eigenvalue weighted by Gasteiger charge is -2.18. The number of thiazole rings is 1. The highest BCUT2D eigenvalue weighted by Crippen LogP contribution is 2.24. The Labute approximate surface area is 126 Å². The van der Waals surface area contributed by atoms with Gasteiger partial charge in [0.05, 0.1) is 5.01 Å². The SMILES string of the molecule is CCCNC(Cc1nc(C)cs1)c1cc(F)c(F)c(F)c1. The van der Waals surface area contributed by atoms with Crippen LogP contribution >= 0.6 is 11.3 Å². The predicted octanol–water partition coefficient (Wildman–Crippen LogP) is 4.15. The predicted molar refractivity (Wildman–Crippen MR) is 77.9 cm³/mol. The molecule has 0 bridgehead atoms. The fourth-order valence-corrected chi connectivity index (χ4v) is 2.89. The summed E-state index contributed by atoms with van der Waals surface area (Å²) in [6, 6.07) is 1.80. The van der Waals surface area contributed by atoms with Crippen LogP contribution in [0.4, 0.5) is 13.2 Å². The maximum Gasteiger partial charge on any atom is 0.194 e. The van der Waals surface area contributed by atoms with E-state index in [1.165, 1.54) is 11.3 Å². The van der Waals surface area contributed by atoms with Gasteiger partial charge in [-0.1, -0.05) is 6.92 Å². The second-order valence-electron chi connectivity index (χ2n) is 4.89. The maximum atomic E-state index is 13.4. The molecule has 0 aliphatic rings. The van der Waals surface area contributed by atoms with E-state index in [-0.39, 0.29) is 6.04 Å². The summed E-state index contributed by atoms with van der Waals surface area (Å²) in [6.45, 7) is 4.60. The standard InChI is InChI=1S/C15H17F3N2S/c1-3-4-19-13(7-14-20-9(2)8-21-14)10-5-11(16)15(18)12(17)6-10/h5-6,8,13,19H,3-4,7H2,1-2H3. The molecule has 1 N–H and O–H groups in total. The number of halogens is 3. The molecule has 0 saturated heterocycles. The Hall–Kier alpha value is -1.40. The first-order valence-corrected chi connectivity index (χ1v) is 7.68. The van der Waals surface area contributed by atoms with Gasteiger partial charge in [0.1, 0.15) is 0 Å². The van der Waals surface area contributed by atoms with Gasteiger partial charge in [-0.15, -0.1) is 11.3 Å². The van der Waals surface area contributed by atoms with E-state index in [0.717, 1.165) is 29.3 Å². The van der Waals surface area contributed by atoms with Gasteiger partial charge in [-0.2, -0.15) is 0 Å². The van der Waals surface area contributed by atoms with E-state index < -0.39 is 17.5 Å². The molecular formula is C15H17F3N2S. The molecule has 1 unspecified atom stereocenters. The molecule has 1 atom stereocenters. The van der Waals surface area contributed by atoms with Crippen molar-refractivity contribution in [2.75, 3.05) is 6.54 Å². The third kappa shape index (κ3) is 4.04. The fraction of sp³-hybridized carbons (Fsp3) is 0.400. The summed E-state index contributed by atoms with van der Waals surface area (Å²) >= 11 is 1.50. The number of rotatable bonds is 6. The van der Waals surface area contributed by atoms with Gasteiger partial charge in [-0.3, -0.25) is 0 Å². The molecule has 1 aromatic heterocycles. The summed E-state index contributed by atoms with van der Waals surface area (Å²) < 4.78 is 39.9. The van der Waals surface area contributed by atoms with Gasteiger partial charge in [0.2, 0.25) is 0 Å². The number of hydrogen-bond donors (Lipinski definition) is 1. The van der Waals surface area contributed by atoms with Gasteiger partial charge in [0.15, 0.2) is 17.5 Å². The minimum Gasteiger partial charge on any atom is -0.310 e. The Kier molecular flexibility index (Phi) is 5.36. The lowest BCUT2D eigenvalue weighted by atomic mass is 10.0. The third-order valence-electron chi connectivity index (χ3n) is 3.09. The Morgan fingerprint density at radius 2 is 1.90 bits per heavy atom. The van der Waals surface area contributed by atoms with E-state index >= 15 is 0 Å². The van der Waals surface area contributed by atoms with Crippen molar-refractivity contribution < 1.29 is 13.2 Å². The molecule has 1 aromatic carbocycles. The van der Waals surface area contributed by atoms with Crippen LogP contribution in [0, 0.1) is 24.4 Å². The second-order valence-corrected chi connectivity index (χ2v) is 5.83. The molecule has 2 nitrogen and oxygen atoms in total. The lowest BCUT2D eigenvalue weighted by molar-refractivity contribution is 0.438. The summed E-state index contributed by atoms with van der Waals surface area (Å²) in [6.07, 6.45) is 1.41. The number of aromatic nitrogens is 1. The molecule has 1 heterocycles. The Balaban J connectivity index is 2.26. The normalized spacial score (nSPS) is 12.6. The zero-order chi connectivity index (χ0) is 15.4. The number of aryl methyl sites for hydroxylation is 1. The largest absolute Gasteiger partial charge is 0.310 e. The topological polar surface area (TPSA) is 24.9 Å². The highest BCUT2D eigenvalue weighted by Gasteiger charge is 2.18. The van der Waals surface area contributed by atoms with Crippen molar-refractivity contribution in [3.8, 4) is 0 Å². The Morgan fingerprint density at radius 1 is 1.24 bits per heavy atom. The average molecular weight is 314 g/mol. The fourth-order valence-electron chi connectivity index (χ4n) is 2.07. The van der Waals surface area contributed by atoms with Gasteiger partial charge in [-0.05, 0) is 37.6 Å². The van der Waals surface area contributed by atoms with Crippen molar-refractivity contribution >= 4 is 11.3 Å². The van der Waals surface area contributed by atoms with E-state index in [2.05, 4.69) is 10.3 Å². The van der Waals surface area contributed by atoms with Crippen molar-refractivity contribution in [3.05, 3.63) is 51.2 Å². The van der Waals surface area contributed by atoms with Crippen LogP contribution in [0.5, 0.6) is 0 Å². The van der Waals surface area contributed by atoms with Gasteiger partial charge >= 0.3 is 0 Å². The summed E-state index contributed by atoms with van der Waals surface area (Å²) in [5, 5.41) is 6.04. The highest BCUT2D eigenvalue weighted by molar-refractivity contribution is 7.09. The molecule has 0 fully saturated rings. The smallest absolute Gasteiger partial charge is 0.194 e. The van der Waals surface area contributed by atoms with E-state index in [1.807, 2.05) is 19.2 Å². The average Bonchev–Trinajstić information content (AvgIpc) is 2.85. The van der Waals surface area contributed by atoms with Crippen LogP contribution in [0.2, 0.25) is 0 Å². The van der Waals surface area contributed by atoms with E-state index in [4.69, 9.17) is 0 Å². The van der Waals surface area contributed by atoms with Crippen LogP contribution in [0.3, 0.4) is 0 Å². The third-order valence-corrected chi connectivity index (χ3v) is 4.08. The first-order chi connectivity index (χ1) is 10.0. The minimum absolute atomic E-state index is 0.292. The van der Waals surface area contributed by atoms with Gasteiger partial charge in [0, 0.05) is 23.5 Å². The Bertz CT molecular complexity index is 590. The van der Waals surface area contributed by atoms with Gasteiger partial charge < -0.3 is 5.32 Å². The summed E-state index contributed by atoms with van der Waals surface area (Å²) in [7, 11) is 0. The van der Waals surface area contributed by atoms with Crippen molar-refractivity contribution in [2.45, 2.75) is 32.7 Å². The summed E-state index contributed by atoms with van der Waals surface area (Å²) in [4.78, 5) is 4.36. The minimum atomic E-state index is -1.43. The molecule has 0 amide bonds. The number of benzene rings is 1.